The minimum Gasteiger partial charge on any atom is -0.359 e. The third kappa shape index (κ3) is 3.27. The zero-order valence-electron chi connectivity index (χ0n) is 12.3. The predicted octanol–water partition coefficient (Wildman–Crippen LogP) is 2.72. The van der Waals surface area contributed by atoms with Gasteiger partial charge in [-0.05, 0) is 51.7 Å². The van der Waals surface area contributed by atoms with Crippen molar-refractivity contribution in [3.63, 3.8) is 0 Å². The van der Waals surface area contributed by atoms with Crippen LogP contribution in [0.2, 0.25) is 0 Å². The Morgan fingerprint density at radius 3 is 2.84 bits per heavy atom. The first-order valence-electron chi connectivity index (χ1n) is 7.83. The van der Waals surface area contributed by atoms with Gasteiger partial charge >= 0.3 is 0 Å². The van der Waals surface area contributed by atoms with E-state index in [0.717, 1.165) is 5.92 Å². The Morgan fingerprint density at radius 2 is 2.11 bits per heavy atom. The highest BCUT2D eigenvalue weighted by Crippen LogP contribution is 2.39. The summed E-state index contributed by atoms with van der Waals surface area (Å²) < 4.78 is 0. The molecule has 1 N–H and O–H groups in total. The van der Waals surface area contributed by atoms with E-state index in [2.05, 4.69) is 24.2 Å². The zero-order valence-corrected chi connectivity index (χ0v) is 13.1. The standard InChI is InChI=1S/C15H27N3S/c1-12-4-3-7-15(10-12)11-19-14(17-15)16-13-5-8-18(2)9-6-13/h12-13H,3-11H2,1-2H3,(H,16,17). The number of rotatable bonds is 1. The van der Waals surface area contributed by atoms with E-state index in [-0.39, 0.29) is 0 Å². The van der Waals surface area contributed by atoms with Gasteiger partial charge in [-0.1, -0.05) is 31.5 Å². The lowest BCUT2D eigenvalue weighted by Gasteiger charge is -2.36. The molecule has 2 heterocycles. The average molecular weight is 281 g/mol. The molecule has 3 fully saturated rings. The molecule has 0 aromatic rings. The minimum absolute atomic E-state index is 0.382. The Labute approximate surface area is 121 Å². The van der Waals surface area contributed by atoms with Crippen molar-refractivity contribution >= 4 is 16.9 Å². The van der Waals surface area contributed by atoms with E-state index in [0.29, 0.717) is 11.6 Å². The summed E-state index contributed by atoms with van der Waals surface area (Å²) in [5, 5.41) is 5.03. The van der Waals surface area contributed by atoms with Crippen LogP contribution >= 0.6 is 11.8 Å². The van der Waals surface area contributed by atoms with Gasteiger partial charge in [-0.25, -0.2) is 0 Å². The Bertz CT molecular complexity index is 349. The van der Waals surface area contributed by atoms with Crippen molar-refractivity contribution < 1.29 is 0 Å². The highest BCUT2D eigenvalue weighted by atomic mass is 32.2. The number of likely N-dealkylation sites (tertiary alicyclic amines) is 1. The fourth-order valence-corrected chi connectivity index (χ4v) is 5.03. The number of hydrogen-bond donors (Lipinski definition) is 1. The van der Waals surface area contributed by atoms with Gasteiger partial charge in [0.15, 0.2) is 5.17 Å². The van der Waals surface area contributed by atoms with Crippen molar-refractivity contribution in [1.29, 1.82) is 0 Å². The van der Waals surface area contributed by atoms with Crippen LogP contribution in [0.5, 0.6) is 0 Å². The summed E-state index contributed by atoms with van der Waals surface area (Å²) in [7, 11) is 2.21. The molecular weight excluding hydrogens is 254 g/mol. The van der Waals surface area contributed by atoms with E-state index in [1.54, 1.807) is 0 Å². The van der Waals surface area contributed by atoms with Crippen molar-refractivity contribution in [3.05, 3.63) is 0 Å². The van der Waals surface area contributed by atoms with Crippen LogP contribution in [0.3, 0.4) is 0 Å². The highest BCUT2D eigenvalue weighted by Gasteiger charge is 2.40. The maximum absolute atomic E-state index is 4.99. The van der Waals surface area contributed by atoms with Crippen LogP contribution in [-0.2, 0) is 0 Å². The van der Waals surface area contributed by atoms with Crippen LogP contribution in [0.25, 0.3) is 0 Å². The lowest BCUT2D eigenvalue weighted by Crippen LogP contribution is -2.47. The summed E-state index contributed by atoms with van der Waals surface area (Å²) in [4.78, 5) is 7.40. The van der Waals surface area contributed by atoms with Gasteiger partial charge in [-0.15, -0.1) is 0 Å². The molecule has 4 heteroatoms. The molecule has 1 aliphatic carbocycles. The number of piperidine rings is 1. The van der Waals surface area contributed by atoms with Crippen LogP contribution in [0.1, 0.15) is 45.4 Å². The summed E-state index contributed by atoms with van der Waals surface area (Å²) in [6.45, 7) is 4.81. The summed E-state index contributed by atoms with van der Waals surface area (Å²) >= 11 is 1.97. The molecule has 3 aliphatic rings. The first kappa shape index (κ1) is 13.7. The van der Waals surface area contributed by atoms with Crippen LogP contribution in [-0.4, -0.2) is 47.5 Å². The molecule has 108 valence electrons. The van der Waals surface area contributed by atoms with Gasteiger partial charge in [0.2, 0.25) is 0 Å². The van der Waals surface area contributed by atoms with Crippen molar-refractivity contribution in [1.82, 2.24) is 10.2 Å². The topological polar surface area (TPSA) is 27.6 Å². The molecule has 19 heavy (non-hydrogen) atoms. The van der Waals surface area contributed by atoms with Crippen LogP contribution in [0, 0.1) is 5.92 Å². The second kappa shape index (κ2) is 5.65. The van der Waals surface area contributed by atoms with Crippen LogP contribution < -0.4 is 5.32 Å². The van der Waals surface area contributed by atoms with E-state index < -0.39 is 0 Å². The van der Waals surface area contributed by atoms with Gasteiger partial charge in [-0.2, -0.15) is 0 Å². The molecule has 0 aromatic carbocycles. The van der Waals surface area contributed by atoms with Crippen molar-refractivity contribution in [2.45, 2.75) is 57.0 Å². The molecule has 0 radical (unpaired) electrons. The number of thioether (sulfide) groups is 1. The first-order valence-corrected chi connectivity index (χ1v) is 8.81. The largest absolute Gasteiger partial charge is 0.359 e. The SMILES string of the molecule is CC1CCCC2(CSC(=NC3CCN(C)CC3)N2)C1. The summed E-state index contributed by atoms with van der Waals surface area (Å²) in [6, 6.07) is 0.558. The van der Waals surface area contributed by atoms with E-state index >= 15 is 0 Å². The summed E-state index contributed by atoms with van der Waals surface area (Å²) in [5.74, 6) is 2.12. The molecule has 2 aliphatic heterocycles. The monoisotopic (exact) mass is 281 g/mol. The lowest BCUT2D eigenvalue weighted by molar-refractivity contribution is 0.240. The Kier molecular flexibility index (Phi) is 4.08. The number of aliphatic imine (C=N–C) groups is 1. The third-order valence-electron chi connectivity index (χ3n) is 4.94. The van der Waals surface area contributed by atoms with Crippen molar-refractivity contribution in [2.24, 2.45) is 10.9 Å². The highest BCUT2D eigenvalue weighted by molar-refractivity contribution is 8.14. The van der Waals surface area contributed by atoms with Gasteiger partial charge in [0.25, 0.3) is 0 Å². The molecule has 2 saturated heterocycles. The van der Waals surface area contributed by atoms with Crippen LogP contribution in [0.4, 0.5) is 0 Å². The van der Waals surface area contributed by atoms with Crippen molar-refractivity contribution in [3.8, 4) is 0 Å². The molecule has 0 bridgehead atoms. The second-order valence-electron chi connectivity index (χ2n) is 6.86. The van der Waals surface area contributed by atoms with E-state index in [1.807, 2.05) is 11.8 Å². The molecular formula is C15H27N3S. The van der Waals surface area contributed by atoms with Gasteiger partial charge in [-0.3, -0.25) is 4.99 Å². The summed E-state index contributed by atoms with van der Waals surface area (Å²) in [6.07, 6.45) is 7.94. The normalized spacial score (nSPS) is 39.9. The molecule has 3 nitrogen and oxygen atoms in total. The number of amidine groups is 1. The number of nitrogens with zero attached hydrogens (tertiary/aromatic N) is 2. The predicted molar refractivity (Wildman–Crippen MR) is 83.9 cm³/mol. The van der Waals surface area contributed by atoms with E-state index in [4.69, 9.17) is 4.99 Å². The second-order valence-corrected chi connectivity index (χ2v) is 7.83. The maximum atomic E-state index is 4.99. The lowest BCUT2D eigenvalue weighted by atomic mass is 9.78. The third-order valence-corrected chi connectivity index (χ3v) is 6.11. The molecule has 2 unspecified atom stereocenters. The van der Waals surface area contributed by atoms with Gasteiger partial charge in [0.05, 0.1) is 6.04 Å². The van der Waals surface area contributed by atoms with Crippen LogP contribution in [0.15, 0.2) is 4.99 Å². The smallest absolute Gasteiger partial charge is 0.157 e. The van der Waals surface area contributed by atoms with Gasteiger partial charge in [0.1, 0.15) is 0 Å². The fraction of sp³-hybridized carbons (Fsp3) is 0.933. The Morgan fingerprint density at radius 1 is 1.32 bits per heavy atom. The Balaban J connectivity index is 1.59. The molecule has 1 spiro atoms. The van der Waals surface area contributed by atoms with E-state index in [9.17, 15) is 0 Å². The fourth-order valence-electron chi connectivity index (χ4n) is 3.77. The zero-order chi connectivity index (χ0) is 13.3. The minimum atomic E-state index is 0.382. The quantitative estimate of drug-likeness (QED) is 0.801. The first-order chi connectivity index (χ1) is 9.15. The molecule has 3 rings (SSSR count). The molecule has 1 saturated carbocycles. The molecule has 0 amide bonds. The summed E-state index contributed by atoms with van der Waals surface area (Å²) in [5.41, 5.74) is 0.382. The Hall–Kier alpha value is -0.220. The van der Waals surface area contributed by atoms with Gasteiger partial charge in [0, 0.05) is 11.3 Å². The average Bonchev–Trinajstić information content (AvgIpc) is 2.75. The van der Waals surface area contributed by atoms with Crippen molar-refractivity contribution in [2.75, 3.05) is 25.9 Å². The van der Waals surface area contributed by atoms with E-state index in [1.165, 1.54) is 62.5 Å². The number of hydrogen-bond acceptors (Lipinski definition) is 3. The maximum Gasteiger partial charge on any atom is 0.157 e. The molecule has 2 atom stereocenters. The number of nitrogens with one attached hydrogen (secondary N) is 1. The molecule has 0 aromatic heterocycles. The van der Waals surface area contributed by atoms with Gasteiger partial charge < -0.3 is 10.2 Å².